The van der Waals surface area contributed by atoms with E-state index in [0.29, 0.717) is 0 Å². The van der Waals surface area contributed by atoms with Gasteiger partial charge in [0, 0.05) is 7.11 Å². The quantitative estimate of drug-likeness (QED) is 0.328. The van der Waals surface area contributed by atoms with Gasteiger partial charge in [0.25, 0.3) is 0 Å². The van der Waals surface area contributed by atoms with Gasteiger partial charge in [-0.05, 0) is 7.05 Å². The molecular weight excluding hydrogens is 173 g/mol. The third-order valence-corrected chi connectivity index (χ3v) is 0. The summed E-state index contributed by atoms with van der Waals surface area (Å²) in [4.78, 5) is 0. The fourth-order valence-electron chi connectivity index (χ4n) is 0. The molecule has 3 N–H and O–H groups in total. The molecule has 0 spiro atoms. The maximum absolute atomic E-state index is 7.00. The summed E-state index contributed by atoms with van der Waals surface area (Å²) in [5, 5.41) is 7.00. The minimum Gasteiger partial charge on any atom is -0.400 e. The van der Waals surface area contributed by atoms with Crippen molar-refractivity contribution in [3.63, 3.8) is 0 Å². The number of rotatable bonds is 0. The molecule has 3 heteroatoms. The summed E-state index contributed by atoms with van der Waals surface area (Å²) in [6.07, 6.45) is 5.76. The van der Waals surface area contributed by atoms with Gasteiger partial charge in [-0.25, -0.2) is 0 Å². The topological polar surface area (TPSA) is 46.2 Å². The molecule has 0 aromatic carbocycles. The largest absolute Gasteiger partial charge is 1.00 e. The molecule has 0 aromatic rings. The number of aliphatic hydroxyl groups is 1. The minimum absolute atomic E-state index is 0. The SMILES string of the molecule is C.C.C.CC.CN.CO.[2H]C#C.[CH3-].[Na+]. The van der Waals surface area contributed by atoms with Crippen LogP contribution in [0.5, 0.6) is 0 Å². The molecule has 0 unspecified atom stereocenters. The first-order valence-corrected chi connectivity index (χ1v) is 2.31. The molecule has 84 valence electrons. The smallest absolute Gasteiger partial charge is 0.400 e. The van der Waals surface area contributed by atoms with Crippen LogP contribution in [0.3, 0.4) is 0 Å². The molecule has 0 aliphatic rings. The van der Waals surface area contributed by atoms with E-state index in [1.165, 1.54) is 13.4 Å². The minimum atomic E-state index is 0. The Labute approximate surface area is 112 Å². The molecule has 13 heavy (non-hydrogen) atoms. The molecule has 0 atom stereocenters. The predicted molar refractivity (Wildman–Crippen MR) is 66.1 cm³/mol. The van der Waals surface area contributed by atoms with Crippen molar-refractivity contribution in [1.29, 1.82) is 0 Å². The van der Waals surface area contributed by atoms with Crippen molar-refractivity contribution in [2.45, 2.75) is 36.1 Å². The van der Waals surface area contributed by atoms with Crippen LogP contribution in [-0.4, -0.2) is 19.3 Å². The van der Waals surface area contributed by atoms with E-state index in [2.05, 4.69) is 12.2 Å². The van der Waals surface area contributed by atoms with Crippen molar-refractivity contribution < 1.29 is 36.0 Å². The molecule has 0 aliphatic carbocycles. The maximum Gasteiger partial charge on any atom is 1.00 e. The number of hydrogen-bond donors (Lipinski definition) is 2. The van der Waals surface area contributed by atoms with Gasteiger partial charge in [0.05, 0.1) is 0 Å². The van der Waals surface area contributed by atoms with Crippen LogP contribution in [0.4, 0.5) is 0 Å². The summed E-state index contributed by atoms with van der Waals surface area (Å²) < 4.78 is 5.74. The summed E-state index contributed by atoms with van der Waals surface area (Å²) in [6.45, 7) is 4.00. The fraction of sp³-hybridized carbons (Fsp3) is 0.700. The molecular formula is C10H32NNaO. The monoisotopic (exact) mass is 206 g/mol. The van der Waals surface area contributed by atoms with Gasteiger partial charge in [-0.1, -0.05) is 36.1 Å². The first-order valence-electron chi connectivity index (χ1n) is 2.81. The van der Waals surface area contributed by atoms with Crippen LogP contribution in [0.15, 0.2) is 0 Å². The Hall–Kier alpha value is 0.480. The standard InChI is InChI=1S/C2H6.C2H2.CH5N.CH4O.3CH4.CH3.Na/c4*1-2;;;;;/h1-2H3;1-2H;2H2,1H3;2H,1H3;3*1H4;1H3;/q;;;;;;;-1;+1/i;1D;;;;;;;. The van der Waals surface area contributed by atoms with Crippen LogP contribution in [-0.2, 0) is 0 Å². The Morgan fingerprint density at radius 1 is 1.08 bits per heavy atom. The zero-order valence-electron chi connectivity index (χ0n) is 9.10. The van der Waals surface area contributed by atoms with Gasteiger partial charge in [0.15, 0.2) is 0 Å². The molecule has 0 fully saturated rings. The Bertz CT molecular complexity index is 41.6. The molecule has 0 saturated carbocycles. The van der Waals surface area contributed by atoms with E-state index in [4.69, 9.17) is 6.48 Å². The molecule has 2 nitrogen and oxygen atoms in total. The second kappa shape index (κ2) is 7140. The van der Waals surface area contributed by atoms with Crippen LogP contribution < -0.4 is 35.3 Å². The van der Waals surface area contributed by atoms with E-state index in [9.17, 15) is 0 Å². The third-order valence-electron chi connectivity index (χ3n) is 0. The van der Waals surface area contributed by atoms with Crippen molar-refractivity contribution in [3.8, 4) is 12.8 Å². The van der Waals surface area contributed by atoms with E-state index >= 15 is 0 Å². The van der Waals surface area contributed by atoms with Crippen molar-refractivity contribution in [3.05, 3.63) is 7.43 Å². The predicted octanol–water partition coefficient (Wildman–Crippen LogP) is -0.178. The molecule has 0 heterocycles. The first kappa shape index (κ1) is 69.9. The molecule has 0 amide bonds. The fourth-order valence-corrected chi connectivity index (χ4v) is 0. The third kappa shape index (κ3) is 5950. The average molecular weight is 206 g/mol. The van der Waals surface area contributed by atoms with E-state index < -0.39 is 0 Å². The van der Waals surface area contributed by atoms with E-state index in [1.807, 2.05) is 13.8 Å². The van der Waals surface area contributed by atoms with Crippen LogP contribution in [0.1, 0.15) is 37.5 Å². The molecule has 0 rings (SSSR count). The summed E-state index contributed by atoms with van der Waals surface area (Å²) >= 11 is 0. The summed E-state index contributed by atoms with van der Waals surface area (Å²) in [7, 11) is 2.50. The maximum atomic E-state index is 7.00. The Morgan fingerprint density at radius 3 is 1.08 bits per heavy atom. The van der Waals surface area contributed by atoms with Gasteiger partial charge in [0.1, 0.15) is 1.37 Å². The van der Waals surface area contributed by atoms with Crippen LogP contribution in [0, 0.1) is 20.2 Å². The Morgan fingerprint density at radius 2 is 1.08 bits per heavy atom. The van der Waals surface area contributed by atoms with Crippen LogP contribution in [0.25, 0.3) is 0 Å². The molecule has 0 saturated heterocycles. The van der Waals surface area contributed by atoms with Crippen molar-refractivity contribution in [1.82, 2.24) is 0 Å². The Kier molecular flexibility index (Phi) is 38400. The zero-order valence-corrected chi connectivity index (χ0v) is 10.1. The van der Waals surface area contributed by atoms with Crippen molar-refractivity contribution >= 4 is 0 Å². The van der Waals surface area contributed by atoms with Gasteiger partial charge < -0.3 is 18.3 Å². The number of terminal acetylenes is 1. The van der Waals surface area contributed by atoms with Crippen molar-refractivity contribution in [2.24, 2.45) is 5.73 Å². The molecule has 0 aromatic heterocycles. The van der Waals surface area contributed by atoms with E-state index in [-0.39, 0.29) is 59.3 Å². The normalized spacial score (nSPS) is 2.08. The summed E-state index contributed by atoms with van der Waals surface area (Å²) in [5.74, 6) is 0. The first-order chi connectivity index (χ1) is 4.41. The second-order valence-electron chi connectivity index (χ2n) is 0. The molecule has 0 radical (unpaired) electrons. The number of nitrogens with two attached hydrogens (primary N) is 1. The van der Waals surface area contributed by atoms with Gasteiger partial charge in [-0.2, -0.15) is 0 Å². The molecule has 0 bridgehead atoms. The number of aliphatic hydroxyl groups excluding tert-OH is 1. The summed E-state index contributed by atoms with van der Waals surface area (Å²) in [5.41, 5.74) is 4.50. The van der Waals surface area contributed by atoms with Gasteiger partial charge in [0.2, 0.25) is 0 Å². The summed E-state index contributed by atoms with van der Waals surface area (Å²) in [6, 6.07) is 0. The number of hydrogen-bond acceptors (Lipinski definition) is 2. The van der Waals surface area contributed by atoms with Crippen LogP contribution in [0.2, 0.25) is 0 Å². The molecule has 0 aliphatic heterocycles. The van der Waals surface area contributed by atoms with E-state index in [0.717, 1.165) is 7.11 Å². The van der Waals surface area contributed by atoms with Crippen molar-refractivity contribution in [2.75, 3.05) is 14.2 Å². The van der Waals surface area contributed by atoms with Crippen LogP contribution >= 0.6 is 0 Å². The average Bonchev–Trinajstić information content (AvgIpc) is 2.01. The van der Waals surface area contributed by atoms with Gasteiger partial charge >= 0.3 is 29.6 Å². The van der Waals surface area contributed by atoms with Gasteiger partial charge in [-0.3, -0.25) is 0 Å². The zero-order chi connectivity index (χ0) is 8.71. The van der Waals surface area contributed by atoms with E-state index in [1.54, 1.807) is 0 Å². The second-order valence-corrected chi connectivity index (χ2v) is 0. The van der Waals surface area contributed by atoms with Gasteiger partial charge in [-0.15, -0.1) is 12.8 Å². The Balaban J connectivity index is -0.00000000308.